The van der Waals surface area contributed by atoms with Crippen LogP contribution in [0, 0.1) is 5.92 Å². The molecule has 9 heteroatoms. The molecule has 1 fully saturated rings. The lowest BCUT2D eigenvalue weighted by molar-refractivity contribution is -0.122. The van der Waals surface area contributed by atoms with Crippen LogP contribution in [0.1, 0.15) is 26.7 Å². The molecule has 0 aliphatic carbocycles. The fourth-order valence-corrected chi connectivity index (χ4v) is 5.46. The first-order valence-electron chi connectivity index (χ1n) is 9.39. The number of sulfonamides is 1. The molecule has 1 aliphatic heterocycles. The Morgan fingerprint density at radius 2 is 2.26 bits per heavy atom. The Kier molecular flexibility index (Phi) is 8.68. The minimum absolute atomic E-state index is 0.0170. The first-order valence-corrected chi connectivity index (χ1v) is 11.7. The van der Waals surface area contributed by atoms with E-state index in [1.807, 2.05) is 0 Å². The van der Waals surface area contributed by atoms with Crippen LogP contribution < -0.4 is 5.32 Å². The van der Waals surface area contributed by atoms with E-state index in [0.717, 1.165) is 19.6 Å². The molecule has 1 N–H and O–H groups in total. The predicted octanol–water partition coefficient (Wildman–Crippen LogP) is 1.62. The summed E-state index contributed by atoms with van der Waals surface area (Å²) in [5.74, 6) is 0.544. The summed E-state index contributed by atoms with van der Waals surface area (Å²) in [6.45, 7) is 8.71. The van der Waals surface area contributed by atoms with E-state index >= 15 is 0 Å². The third kappa shape index (κ3) is 7.15. The van der Waals surface area contributed by atoms with Crippen molar-refractivity contribution in [1.29, 1.82) is 0 Å². The number of nitrogens with zero attached hydrogens (tertiary/aromatic N) is 2. The van der Waals surface area contributed by atoms with Crippen molar-refractivity contribution >= 4 is 27.3 Å². The molecule has 0 radical (unpaired) electrons. The number of rotatable bonds is 10. The Morgan fingerprint density at radius 1 is 1.48 bits per heavy atom. The van der Waals surface area contributed by atoms with Gasteiger partial charge in [-0.1, -0.05) is 19.9 Å². The van der Waals surface area contributed by atoms with Crippen molar-refractivity contribution in [3.05, 3.63) is 17.5 Å². The molecule has 1 aliphatic rings. The highest BCUT2D eigenvalue weighted by Gasteiger charge is 2.23. The van der Waals surface area contributed by atoms with Crippen LogP contribution in [0.5, 0.6) is 0 Å². The smallest absolute Gasteiger partial charge is 0.252 e. The predicted molar refractivity (Wildman–Crippen MR) is 107 cm³/mol. The van der Waals surface area contributed by atoms with Crippen LogP contribution >= 0.6 is 11.3 Å². The van der Waals surface area contributed by atoms with E-state index in [1.165, 1.54) is 15.6 Å². The van der Waals surface area contributed by atoms with Gasteiger partial charge in [-0.2, -0.15) is 0 Å². The molecule has 0 aromatic carbocycles. The molecule has 2 rings (SSSR count). The summed E-state index contributed by atoms with van der Waals surface area (Å²) in [5.41, 5.74) is 0. The Balaban J connectivity index is 1.66. The second kappa shape index (κ2) is 10.5. The number of hydrogen-bond acceptors (Lipinski definition) is 6. The molecule has 27 heavy (non-hydrogen) atoms. The number of nitrogens with one attached hydrogen (secondary N) is 1. The monoisotopic (exact) mass is 417 g/mol. The van der Waals surface area contributed by atoms with Crippen molar-refractivity contribution < 1.29 is 17.9 Å². The average molecular weight is 418 g/mol. The summed E-state index contributed by atoms with van der Waals surface area (Å²) >= 11 is 1.20. The second-order valence-electron chi connectivity index (χ2n) is 7.31. The van der Waals surface area contributed by atoms with Crippen molar-refractivity contribution in [2.45, 2.75) is 37.0 Å². The van der Waals surface area contributed by atoms with Crippen LogP contribution in [0.4, 0.5) is 0 Å². The second-order valence-corrected chi connectivity index (χ2v) is 10.5. The lowest BCUT2D eigenvalue weighted by atomic mass is 10.2. The maximum atomic E-state index is 12.3. The zero-order valence-electron chi connectivity index (χ0n) is 16.4. The quantitative estimate of drug-likeness (QED) is 0.626. The summed E-state index contributed by atoms with van der Waals surface area (Å²) in [4.78, 5) is 14.4. The Morgan fingerprint density at radius 3 is 2.93 bits per heavy atom. The van der Waals surface area contributed by atoms with E-state index < -0.39 is 10.0 Å². The highest BCUT2D eigenvalue weighted by Crippen LogP contribution is 2.19. The van der Waals surface area contributed by atoms with Crippen LogP contribution in [-0.4, -0.2) is 76.0 Å². The van der Waals surface area contributed by atoms with E-state index in [4.69, 9.17) is 4.74 Å². The molecular formula is C18H31N3O4S2. The SMILES string of the molecule is CC(C)CN1CCOC(CNC(=O)CCCN(C)S(=O)(=O)c2cccs2)C1. The Hall–Kier alpha value is -1.00. The fourth-order valence-electron chi connectivity index (χ4n) is 3.05. The third-order valence-corrected chi connectivity index (χ3v) is 7.64. The van der Waals surface area contributed by atoms with E-state index in [9.17, 15) is 13.2 Å². The summed E-state index contributed by atoms with van der Waals surface area (Å²) < 4.78 is 32.0. The minimum atomic E-state index is -3.44. The van der Waals surface area contributed by atoms with Gasteiger partial charge in [0.2, 0.25) is 5.91 Å². The van der Waals surface area contributed by atoms with Gasteiger partial charge in [0, 0.05) is 46.2 Å². The summed E-state index contributed by atoms with van der Waals surface area (Å²) in [7, 11) is -1.90. The first kappa shape index (κ1) is 22.3. The number of carbonyl (C=O) groups excluding carboxylic acids is 1. The number of ether oxygens (including phenoxy) is 1. The highest BCUT2D eigenvalue weighted by atomic mass is 32.2. The Labute approximate surface area is 166 Å². The van der Waals surface area contributed by atoms with E-state index in [-0.39, 0.29) is 12.0 Å². The maximum Gasteiger partial charge on any atom is 0.252 e. The number of carbonyl (C=O) groups is 1. The van der Waals surface area contributed by atoms with Crippen LogP contribution in [0.25, 0.3) is 0 Å². The summed E-state index contributed by atoms with van der Waals surface area (Å²) in [6, 6.07) is 3.31. The van der Waals surface area contributed by atoms with Gasteiger partial charge in [-0.25, -0.2) is 12.7 Å². The van der Waals surface area contributed by atoms with Gasteiger partial charge < -0.3 is 10.1 Å². The zero-order chi connectivity index (χ0) is 19.9. The van der Waals surface area contributed by atoms with Gasteiger partial charge in [0.1, 0.15) is 4.21 Å². The van der Waals surface area contributed by atoms with Gasteiger partial charge in [0.15, 0.2) is 0 Å². The zero-order valence-corrected chi connectivity index (χ0v) is 18.0. The molecular weight excluding hydrogens is 386 g/mol. The molecule has 1 atom stereocenters. The molecule has 154 valence electrons. The van der Waals surface area contributed by atoms with Gasteiger partial charge >= 0.3 is 0 Å². The highest BCUT2D eigenvalue weighted by molar-refractivity contribution is 7.91. The number of hydrogen-bond donors (Lipinski definition) is 1. The average Bonchev–Trinajstić information content (AvgIpc) is 3.15. The lowest BCUT2D eigenvalue weighted by Gasteiger charge is -2.34. The third-order valence-electron chi connectivity index (χ3n) is 4.41. The summed E-state index contributed by atoms with van der Waals surface area (Å²) in [6.07, 6.45) is 0.799. The largest absolute Gasteiger partial charge is 0.374 e. The normalized spacial score (nSPS) is 18.9. The molecule has 7 nitrogen and oxygen atoms in total. The van der Waals surface area contributed by atoms with Gasteiger partial charge in [-0.3, -0.25) is 9.69 Å². The van der Waals surface area contributed by atoms with Gasteiger partial charge in [0.05, 0.1) is 12.7 Å². The van der Waals surface area contributed by atoms with Gasteiger partial charge in [0.25, 0.3) is 10.0 Å². The van der Waals surface area contributed by atoms with Crippen molar-refractivity contribution in [1.82, 2.24) is 14.5 Å². The molecule has 2 heterocycles. The molecule has 0 spiro atoms. The van der Waals surface area contributed by atoms with Crippen LogP contribution in [0.15, 0.2) is 21.7 Å². The minimum Gasteiger partial charge on any atom is -0.374 e. The van der Waals surface area contributed by atoms with Gasteiger partial charge in [-0.05, 0) is 23.8 Å². The molecule has 0 bridgehead atoms. The van der Waals surface area contributed by atoms with E-state index in [0.29, 0.717) is 42.7 Å². The number of thiophene rings is 1. The van der Waals surface area contributed by atoms with Crippen molar-refractivity contribution in [2.75, 3.05) is 46.4 Å². The van der Waals surface area contributed by atoms with E-state index in [2.05, 4.69) is 24.1 Å². The van der Waals surface area contributed by atoms with Crippen LogP contribution in [0.2, 0.25) is 0 Å². The molecule has 1 aromatic rings. The Bertz CT molecular complexity index is 677. The number of morpholine rings is 1. The molecule has 0 saturated carbocycles. The fraction of sp³-hybridized carbons (Fsp3) is 0.722. The lowest BCUT2D eigenvalue weighted by Crippen LogP contribution is -2.48. The maximum absolute atomic E-state index is 12.3. The molecule has 1 saturated heterocycles. The van der Waals surface area contributed by atoms with Crippen molar-refractivity contribution in [2.24, 2.45) is 5.92 Å². The van der Waals surface area contributed by atoms with Crippen molar-refractivity contribution in [3.8, 4) is 0 Å². The van der Waals surface area contributed by atoms with Crippen LogP contribution in [-0.2, 0) is 19.6 Å². The van der Waals surface area contributed by atoms with Gasteiger partial charge in [-0.15, -0.1) is 11.3 Å². The van der Waals surface area contributed by atoms with E-state index in [1.54, 1.807) is 24.6 Å². The van der Waals surface area contributed by atoms with Crippen LogP contribution in [0.3, 0.4) is 0 Å². The summed E-state index contributed by atoms with van der Waals surface area (Å²) in [5, 5.41) is 4.65. The topological polar surface area (TPSA) is 79.0 Å². The molecule has 1 aromatic heterocycles. The number of amides is 1. The molecule has 1 unspecified atom stereocenters. The standard InChI is InChI=1S/C18H31N3O4S2/c1-15(2)13-21-9-10-25-16(14-21)12-19-17(22)6-4-8-20(3)27(23,24)18-7-5-11-26-18/h5,7,11,15-16H,4,6,8-10,12-14H2,1-3H3,(H,19,22). The van der Waals surface area contributed by atoms with Crippen molar-refractivity contribution in [3.63, 3.8) is 0 Å². The first-order chi connectivity index (χ1) is 12.8. The molecule has 1 amide bonds.